The molecule has 0 saturated heterocycles. The van der Waals surface area contributed by atoms with Crippen LogP contribution in [-0.2, 0) is 0 Å². The van der Waals surface area contributed by atoms with Gasteiger partial charge in [0.1, 0.15) is 17.4 Å². The maximum atomic E-state index is 5.93. The van der Waals surface area contributed by atoms with Crippen LogP contribution < -0.4 is 5.32 Å². The zero-order chi connectivity index (χ0) is 13.1. The van der Waals surface area contributed by atoms with Gasteiger partial charge in [0.2, 0.25) is 0 Å². The molecule has 0 bridgehead atoms. The van der Waals surface area contributed by atoms with E-state index in [4.69, 9.17) is 4.42 Å². The van der Waals surface area contributed by atoms with Crippen molar-refractivity contribution < 1.29 is 4.42 Å². The fraction of sp³-hybridized carbons (Fsp3) is 0.188. The van der Waals surface area contributed by atoms with E-state index in [1.165, 1.54) is 0 Å². The number of hydrogen-bond donors (Lipinski definition) is 1. The van der Waals surface area contributed by atoms with E-state index in [-0.39, 0.29) is 6.04 Å². The third-order valence-corrected chi connectivity index (χ3v) is 3.12. The minimum absolute atomic E-state index is 0.00130. The van der Waals surface area contributed by atoms with Crippen LogP contribution in [0.5, 0.6) is 0 Å². The van der Waals surface area contributed by atoms with Crippen LogP contribution in [0.3, 0.4) is 0 Å². The summed E-state index contributed by atoms with van der Waals surface area (Å²) in [5.41, 5.74) is 1.89. The lowest BCUT2D eigenvalue weighted by atomic mass is 10.1. The Morgan fingerprint density at radius 2 is 2.00 bits per heavy atom. The Bertz CT molecular complexity index is 628. The molecule has 0 saturated carbocycles. The molecule has 0 aliphatic carbocycles. The molecule has 1 unspecified atom stereocenters. The molecule has 0 spiro atoms. The number of pyridine rings is 1. The Hall–Kier alpha value is -2.13. The highest BCUT2D eigenvalue weighted by atomic mass is 16.3. The van der Waals surface area contributed by atoms with Crippen LogP contribution in [0.1, 0.15) is 24.4 Å². The van der Waals surface area contributed by atoms with E-state index in [1.54, 1.807) is 0 Å². The topological polar surface area (TPSA) is 38.1 Å². The SMILES string of the molecule is CCNC(c1ccccn1)c1cc2ccccc2o1. The number of para-hydroxylation sites is 1. The van der Waals surface area contributed by atoms with Gasteiger partial charge in [0.05, 0.1) is 5.69 Å². The van der Waals surface area contributed by atoms with Gasteiger partial charge in [-0.3, -0.25) is 4.98 Å². The maximum absolute atomic E-state index is 5.93. The Kier molecular flexibility index (Phi) is 3.29. The zero-order valence-electron chi connectivity index (χ0n) is 10.8. The third kappa shape index (κ3) is 2.37. The summed E-state index contributed by atoms with van der Waals surface area (Å²) in [7, 11) is 0. The first-order valence-electron chi connectivity index (χ1n) is 6.51. The molecule has 0 fully saturated rings. The van der Waals surface area contributed by atoms with E-state index < -0.39 is 0 Å². The summed E-state index contributed by atoms with van der Waals surface area (Å²) in [4.78, 5) is 4.42. The number of hydrogen-bond acceptors (Lipinski definition) is 3. The van der Waals surface area contributed by atoms with Gasteiger partial charge >= 0.3 is 0 Å². The number of nitrogens with one attached hydrogen (secondary N) is 1. The van der Waals surface area contributed by atoms with Gasteiger partial charge in [-0.15, -0.1) is 0 Å². The summed E-state index contributed by atoms with van der Waals surface area (Å²) in [6, 6.07) is 16.1. The molecule has 0 aliphatic heterocycles. The maximum Gasteiger partial charge on any atom is 0.134 e. The summed E-state index contributed by atoms with van der Waals surface area (Å²) >= 11 is 0. The number of aromatic nitrogens is 1. The van der Waals surface area contributed by atoms with Crippen LogP contribution in [-0.4, -0.2) is 11.5 Å². The smallest absolute Gasteiger partial charge is 0.134 e. The Morgan fingerprint density at radius 3 is 2.74 bits per heavy atom. The van der Waals surface area contributed by atoms with E-state index in [0.717, 1.165) is 29.0 Å². The summed E-state index contributed by atoms with van der Waals surface area (Å²) in [6.07, 6.45) is 1.81. The van der Waals surface area contributed by atoms with Crippen molar-refractivity contribution in [1.82, 2.24) is 10.3 Å². The quantitative estimate of drug-likeness (QED) is 0.772. The summed E-state index contributed by atoms with van der Waals surface area (Å²) in [6.45, 7) is 2.94. The average Bonchev–Trinajstić information content (AvgIpc) is 2.89. The molecule has 0 aliphatic rings. The first kappa shape index (κ1) is 11.9. The fourth-order valence-electron chi connectivity index (χ4n) is 2.25. The van der Waals surface area contributed by atoms with Gasteiger partial charge in [-0.1, -0.05) is 31.2 Å². The van der Waals surface area contributed by atoms with Crippen molar-refractivity contribution >= 4 is 11.0 Å². The van der Waals surface area contributed by atoms with Crippen molar-refractivity contribution in [2.45, 2.75) is 13.0 Å². The predicted molar refractivity (Wildman–Crippen MR) is 76.0 cm³/mol. The zero-order valence-corrected chi connectivity index (χ0v) is 10.8. The predicted octanol–water partition coefficient (Wildman–Crippen LogP) is 3.53. The van der Waals surface area contributed by atoms with Crippen molar-refractivity contribution in [2.24, 2.45) is 0 Å². The summed E-state index contributed by atoms with van der Waals surface area (Å²) < 4.78 is 5.93. The molecule has 0 amide bonds. The third-order valence-electron chi connectivity index (χ3n) is 3.12. The highest BCUT2D eigenvalue weighted by Gasteiger charge is 2.18. The molecule has 2 heterocycles. The first-order valence-corrected chi connectivity index (χ1v) is 6.51. The monoisotopic (exact) mass is 252 g/mol. The van der Waals surface area contributed by atoms with Crippen molar-refractivity contribution in [3.8, 4) is 0 Å². The minimum Gasteiger partial charge on any atom is -0.459 e. The molecule has 96 valence electrons. The molecule has 1 aromatic carbocycles. The van der Waals surface area contributed by atoms with E-state index in [0.29, 0.717) is 0 Å². The molecule has 19 heavy (non-hydrogen) atoms. The molecular weight excluding hydrogens is 236 g/mol. The fourth-order valence-corrected chi connectivity index (χ4v) is 2.25. The molecule has 1 N–H and O–H groups in total. The van der Waals surface area contributed by atoms with Crippen molar-refractivity contribution in [3.05, 3.63) is 66.2 Å². The van der Waals surface area contributed by atoms with Crippen LogP contribution >= 0.6 is 0 Å². The Balaban J connectivity index is 2.04. The van der Waals surface area contributed by atoms with Crippen LogP contribution in [0.15, 0.2) is 59.1 Å². The molecule has 1 atom stereocenters. The number of furan rings is 1. The van der Waals surface area contributed by atoms with Crippen molar-refractivity contribution in [1.29, 1.82) is 0 Å². The van der Waals surface area contributed by atoms with Gasteiger partial charge < -0.3 is 9.73 Å². The molecule has 0 radical (unpaired) electrons. The van der Waals surface area contributed by atoms with Crippen LogP contribution in [0, 0.1) is 0 Å². The standard InChI is InChI=1S/C16H16N2O/c1-2-17-16(13-8-5-6-10-18-13)15-11-12-7-3-4-9-14(12)19-15/h3-11,16-17H,2H2,1H3. The second-order valence-electron chi connectivity index (χ2n) is 4.43. The summed E-state index contributed by atoms with van der Waals surface area (Å²) in [5.74, 6) is 0.904. The first-order chi connectivity index (χ1) is 9.38. The lowest BCUT2D eigenvalue weighted by Crippen LogP contribution is -2.22. The van der Waals surface area contributed by atoms with E-state index in [2.05, 4.69) is 29.4 Å². The number of fused-ring (bicyclic) bond motifs is 1. The number of nitrogens with zero attached hydrogens (tertiary/aromatic N) is 1. The number of benzene rings is 1. The van der Waals surface area contributed by atoms with Gasteiger partial charge in [-0.2, -0.15) is 0 Å². The Morgan fingerprint density at radius 1 is 1.16 bits per heavy atom. The normalized spacial score (nSPS) is 12.7. The van der Waals surface area contributed by atoms with Crippen molar-refractivity contribution in [3.63, 3.8) is 0 Å². The number of rotatable bonds is 4. The molecule has 2 aromatic heterocycles. The van der Waals surface area contributed by atoms with Gasteiger partial charge in [-0.05, 0) is 30.8 Å². The largest absolute Gasteiger partial charge is 0.459 e. The lowest BCUT2D eigenvalue weighted by Gasteiger charge is -2.14. The highest BCUT2D eigenvalue weighted by molar-refractivity contribution is 5.77. The van der Waals surface area contributed by atoms with E-state index in [1.807, 2.05) is 42.6 Å². The second kappa shape index (κ2) is 5.24. The van der Waals surface area contributed by atoms with Crippen LogP contribution in [0.4, 0.5) is 0 Å². The molecular formula is C16H16N2O. The minimum atomic E-state index is -0.00130. The lowest BCUT2D eigenvalue weighted by molar-refractivity contribution is 0.471. The Labute approximate surface area is 112 Å². The molecule has 3 nitrogen and oxygen atoms in total. The van der Waals surface area contributed by atoms with E-state index >= 15 is 0 Å². The van der Waals surface area contributed by atoms with E-state index in [9.17, 15) is 0 Å². The highest BCUT2D eigenvalue weighted by Crippen LogP contribution is 2.27. The summed E-state index contributed by atoms with van der Waals surface area (Å²) in [5, 5.41) is 4.54. The molecule has 3 aromatic rings. The second-order valence-corrected chi connectivity index (χ2v) is 4.43. The average molecular weight is 252 g/mol. The molecule has 3 rings (SSSR count). The van der Waals surface area contributed by atoms with Gasteiger partial charge in [0.25, 0.3) is 0 Å². The van der Waals surface area contributed by atoms with Gasteiger partial charge in [0.15, 0.2) is 0 Å². The van der Waals surface area contributed by atoms with Crippen LogP contribution in [0.25, 0.3) is 11.0 Å². The van der Waals surface area contributed by atoms with Crippen molar-refractivity contribution in [2.75, 3.05) is 6.54 Å². The van der Waals surface area contributed by atoms with Gasteiger partial charge in [0, 0.05) is 11.6 Å². The van der Waals surface area contributed by atoms with Crippen LogP contribution in [0.2, 0.25) is 0 Å². The molecule has 3 heteroatoms. The van der Waals surface area contributed by atoms with Gasteiger partial charge in [-0.25, -0.2) is 0 Å².